The highest BCUT2D eigenvalue weighted by Crippen LogP contribution is 2.22. The Morgan fingerprint density at radius 1 is 1.42 bits per heavy atom. The molecule has 1 aromatic carbocycles. The molecule has 0 aliphatic rings. The topological polar surface area (TPSA) is 0 Å². The summed E-state index contributed by atoms with van der Waals surface area (Å²) in [5.74, 6) is 0.906. The second kappa shape index (κ2) is 5.15. The summed E-state index contributed by atoms with van der Waals surface area (Å²) in [6.07, 6.45) is 2.07. The molecule has 0 nitrogen and oxygen atoms in total. The average molecular weight is 266 g/mol. The van der Waals surface area contributed by atoms with E-state index in [1.165, 1.54) is 5.56 Å². The summed E-state index contributed by atoms with van der Waals surface area (Å²) in [6.45, 7) is 0. The molecule has 0 unspecified atom stereocenters. The molecular weight excluding hydrogens is 256 g/mol. The van der Waals surface area contributed by atoms with Crippen LogP contribution in [-0.4, -0.2) is 5.75 Å². The number of benzene rings is 1. The Kier molecular flexibility index (Phi) is 4.47. The maximum atomic E-state index is 5.99. The molecule has 0 bridgehead atoms. The summed E-state index contributed by atoms with van der Waals surface area (Å²) in [5.41, 5.74) is 1.19. The molecule has 0 fully saturated rings. The third-order valence-corrected chi connectivity index (χ3v) is 2.79. The molecule has 0 heterocycles. The first-order chi connectivity index (χ1) is 5.74. The zero-order chi connectivity index (χ0) is 8.97. The van der Waals surface area contributed by atoms with Crippen LogP contribution in [0.2, 0.25) is 5.02 Å². The molecule has 0 spiro atoms. The lowest BCUT2D eigenvalue weighted by atomic mass is 10.1. The van der Waals surface area contributed by atoms with Crippen LogP contribution < -0.4 is 0 Å². The fourth-order valence-electron chi connectivity index (χ4n) is 1.00. The number of aryl methyl sites for hydroxylation is 1. The normalized spacial score (nSPS) is 10.2. The van der Waals surface area contributed by atoms with Gasteiger partial charge in [0.1, 0.15) is 0 Å². The monoisotopic (exact) mass is 264 g/mol. The van der Waals surface area contributed by atoms with E-state index in [0.717, 1.165) is 28.1 Å². The van der Waals surface area contributed by atoms with Gasteiger partial charge in [0.15, 0.2) is 0 Å². The third kappa shape index (κ3) is 3.00. The number of halogens is 2. The number of hydrogen-bond acceptors (Lipinski definition) is 1. The van der Waals surface area contributed by atoms with Crippen molar-refractivity contribution in [1.29, 1.82) is 0 Å². The van der Waals surface area contributed by atoms with Crippen LogP contribution in [0.15, 0.2) is 22.7 Å². The zero-order valence-corrected chi connectivity index (χ0v) is 9.79. The van der Waals surface area contributed by atoms with Crippen molar-refractivity contribution >= 4 is 40.2 Å². The molecular formula is C9H10BrClS. The van der Waals surface area contributed by atoms with Gasteiger partial charge in [-0.3, -0.25) is 0 Å². The molecule has 0 atom stereocenters. The second-order valence-corrected chi connectivity index (χ2v) is 4.33. The molecule has 0 aliphatic carbocycles. The summed E-state index contributed by atoms with van der Waals surface area (Å²) >= 11 is 13.6. The largest absolute Gasteiger partial charge is 0.179 e. The highest BCUT2D eigenvalue weighted by atomic mass is 79.9. The van der Waals surface area contributed by atoms with Crippen LogP contribution in [0.5, 0.6) is 0 Å². The standard InChI is InChI=1S/C9H10BrClS/c10-8-3-4-9(11)7(6-8)2-1-5-12/h3-4,6,12H,1-2,5H2. The minimum absolute atomic E-state index is 0.847. The Bertz CT molecular complexity index is 263. The van der Waals surface area contributed by atoms with Gasteiger partial charge in [-0.25, -0.2) is 0 Å². The molecule has 1 aromatic rings. The molecule has 1 rings (SSSR count). The van der Waals surface area contributed by atoms with Gasteiger partial charge in [0, 0.05) is 9.50 Å². The first-order valence-corrected chi connectivity index (χ1v) is 5.59. The predicted molar refractivity (Wildman–Crippen MR) is 61.3 cm³/mol. The molecule has 3 heteroatoms. The molecule has 0 radical (unpaired) electrons. The summed E-state index contributed by atoms with van der Waals surface area (Å²) in [6, 6.07) is 5.93. The van der Waals surface area contributed by atoms with E-state index in [9.17, 15) is 0 Å². The Labute approximate surface area is 91.9 Å². The van der Waals surface area contributed by atoms with Crippen LogP contribution in [0.3, 0.4) is 0 Å². The van der Waals surface area contributed by atoms with Crippen LogP contribution in [0.25, 0.3) is 0 Å². The van der Waals surface area contributed by atoms with Gasteiger partial charge in [-0.2, -0.15) is 12.6 Å². The van der Waals surface area contributed by atoms with Crippen molar-refractivity contribution in [2.45, 2.75) is 12.8 Å². The van der Waals surface area contributed by atoms with Crippen molar-refractivity contribution in [3.63, 3.8) is 0 Å². The minimum atomic E-state index is 0.847. The molecule has 0 saturated heterocycles. The van der Waals surface area contributed by atoms with E-state index in [1.54, 1.807) is 0 Å². The van der Waals surface area contributed by atoms with E-state index in [-0.39, 0.29) is 0 Å². The SMILES string of the molecule is SCCCc1cc(Br)ccc1Cl. The fraction of sp³-hybridized carbons (Fsp3) is 0.333. The van der Waals surface area contributed by atoms with Crippen molar-refractivity contribution in [2.75, 3.05) is 5.75 Å². The Morgan fingerprint density at radius 2 is 2.17 bits per heavy atom. The van der Waals surface area contributed by atoms with Gasteiger partial charge >= 0.3 is 0 Å². The third-order valence-electron chi connectivity index (χ3n) is 1.61. The molecule has 0 aliphatic heterocycles. The van der Waals surface area contributed by atoms with Crippen LogP contribution in [0.1, 0.15) is 12.0 Å². The van der Waals surface area contributed by atoms with Crippen molar-refractivity contribution < 1.29 is 0 Å². The predicted octanol–water partition coefficient (Wildman–Crippen LogP) is 3.96. The Morgan fingerprint density at radius 3 is 2.83 bits per heavy atom. The van der Waals surface area contributed by atoms with E-state index >= 15 is 0 Å². The van der Waals surface area contributed by atoms with Crippen molar-refractivity contribution in [3.8, 4) is 0 Å². The van der Waals surface area contributed by atoms with Gasteiger partial charge in [0.05, 0.1) is 0 Å². The molecule has 0 saturated carbocycles. The van der Waals surface area contributed by atoms with Gasteiger partial charge in [-0.05, 0) is 42.4 Å². The lowest BCUT2D eigenvalue weighted by molar-refractivity contribution is 0.935. The minimum Gasteiger partial charge on any atom is -0.179 e. The van der Waals surface area contributed by atoms with E-state index in [2.05, 4.69) is 34.6 Å². The fourth-order valence-corrected chi connectivity index (χ4v) is 1.78. The molecule has 12 heavy (non-hydrogen) atoms. The molecule has 0 aromatic heterocycles. The number of rotatable bonds is 3. The van der Waals surface area contributed by atoms with Crippen molar-refractivity contribution in [2.24, 2.45) is 0 Å². The van der Waals surface area contributed by atoms with Gasteiger partial charge in [-0.15, -0.1) is 0 Å². The Balaban J connectivity index is 2.75. The second-order valence-electron chi connectivity index (χ2n) is 2.56. The number of hydrogen-bond donors (Lipinski definition) is 1. The first-order valence-electron chi connectivity index (χ1n) is 3.79. The average Bonchev–Trinajstić information content (AvgIpc) is 2.07. The van der Waals surface area contributed by atoms with Crippen molar-refractivity contribution in [3.05, 3.63) is 33.3 Å². The summed E-state index contributed by atoms with van der Waals surface area (Å²) < 4.78 is 1.08. The van der Waals surface area contributed by atoms with E-state index < -0.39 is 0 Å². The van der Waals surface area contributed by atoms with Crippen LogP contribution in [-0.2, 0) is 6.42 Å². The highest BCUT2D eigenvalue weighted by Gasteiger charge is 1.99. The first kappa shape index (κ1) is 10.4. The van der Waals surface area contributed by atoms with Gasteiger partial charge in [0.2, 0.25) is 0 Å². The highest BCUT2D eigenvalue weighted by molar-refractivity contribution is 9.10. The zero-order valence-electron chi connectivity index (χ0n) is 6.56. The van der Waals surface area contributed by atoms with Crippen LogP contribution in [0.4, 0.5) is 0 Å². The summed E-state index contributed by atoms with van der Waals surface area (Å²) in [7, 11) is 0. The lowest BCUT2D eigenvalue weighted by Gasteiger charge is -2.02. The maximum Gasteiger partial charge on any atom is 0.0438 e. The lowest BCUT2D eigenvalue weighted by Crippen LogP contribution is -1.87. The summed E-state index contributed by atoms with van der Waals surface area (Å²) in [4.78, 5) is 0. The summed E-state index contributed by atoms with van der Waals surface area (Å²) in [5, 5.41) is 0.847. The molecule has 66 valence electrons. The smallest absolute Gasteiger partial charge is 0.0438 e. The van der Waals surface area contributed by atoms with E-state index in [0.29, 0.717) is 0 Å². The van der Waals surface area contributed by atoms with Crippen LogP contribution >= 0.6 is 40.2 Å². The van der Waals surface area contributed by atoms with E-state index in [4.69, 9.17) is 11.6 Å². The quantitative estimate of drug-likeness (QED) is 0.786. The van der Waals surface area contributed by atoms with Gasteiger partial charge in [0.25, 0.3) is 0 Å². The molecule has 0 amide bonds. The van der Waals surface area contributed by atoms with Gasteiger partial charge < -0.3 is 0 Å². The van der Waals surface area contributed by atoms with Crippen LogP contribution in [0, 0.1) is 0 Å². The van der Waals surface area contributed by atoms with E-state index in [1.807, 2.05) is 12.1 Å². The Hall–Kier alpha value is 0.340. The van der Waals surface area contributed by atoms with Crippen molar-refractivity contribution in [1.82, 2.24) is 0 Å². The molecule has 0 N–H and O–H groups in total. The number of thiol groups is 1. The maximum absolute atomic E-state index is 5.99. The van der Waals surface area contributed by atoms with Gasteiger partial charge in [-0.1, -0.05) is 27.5 Å².